The van der Waals surface area contributed by atoms with Crippen LogP contribution in [-0.4, -0.2) is 152 Å². The smallest absolute Gasteiger partial charge is 0.224 e. The lowest BCUT2D eigenvalue weighted by molar-refractivity contribution is -0.123. The van der Waals surface area contributed by atoms with E-state index in [2.05, 4.69) is 29.4 Å². The van der Waals surface area contributed by atoms with Crippen LogP contribution in [-0.2, 0) is 33.8 Å². The zero-order valence-corrected chi connectivity index (χ0v) is 56.7. The number of rotatable bonds is 6. The van der Waals surface area contributed by atoms with Crippen LogP contribution in [0.3, 0.4) is 0 Å². The van der Waals surface area contributed by atoms with Crippen molar-refractivity contribution in [3.63, 3.8) is 0 Å². The highest BCUT2D eigenvalue weighted by Crippen LogP contribution is 2.61. The predicted octanol–water partition coefficient (Wildman–Crippen LogP) is 10.7. The fraction of sp³-hybridized carbons (Fsp3) is 0.662. The van der Waals surface area contributed by atoms with E-state index in [1.165, 1.54) is 35.8 Å². The van der Waals surface area contributed by atoms with Gasteiger partial charge in [-0.25, -0.2) is 0 Å². The Morgan fingerprint density at radius 3 is 2.43 bits per heavy atom. The number of aliphatic hydroxyl groups is 5. The lowest BCUT2D eigenvalue weighted by Crippen LogP contribution is -2.55. The normalized spacial score (nSPS) is 36.5. The fourth-order valence-electron chi connectivity index (χ4n) is 17.0. The number of hydrogen-bond acceptors (Lipinski definition) is 20. The first kappa shape index (κ1) is 67.0. The maximum absolute atomic E-state index is 14.2. The van der Waals surface area contributed by atoms with Gasteiger partial charge in [0.15, 0.2) is 23.0 Å². The second-order valence-corrected chi connectivity index (χ2v) is 34.5. The Morgan fingerprint density at radius 1 is 0.800 bits per heavy atom. The molecule has 1 aromatic heterocycles. The van der Waals surface area contributed by atoms with Crippen molar-refractivity contribution >= 4 is 81.4 Å². The van der Waals surface area contributed by atoms with Gasteiger partial charge in [-0.1, -0.05) is 102 Å². The monoisotopic (exact) mass is 1350 g/mol. The van der Waals surface area contributed by atoms with Gasteiger partial charge in [0.25, 0.3) is 0 Å². The molecule has 492 valence electrons. The highest BCUT2D eigenvalue weighted by Gasteiger charge is 2.57. The first-order valence-electron chi connectivity index (χ1n) is 32.6. The molecule has 2 saturated carbocycles. The van der Waals surface area contributed by atoms with Gasteiger partial charge < -0.3 is 74.6 Å². The SMILES string of the molecule is COc1cc(C[C@@H]2[C@H](O)C[C@@H](OCO)CCc3cc4c(O)cc3[C@H](C[C@@H](O)c3cccc5cn(cc35)COCCC[C@H]3NC(=O)[C@@H]5CSSC[C@@H]6NC[C@@H]7C#C[C@@]8(C[C@H](C)C[C@H](CSSC7)[C@@H]8CC[C@@H](O)[C@@H]35)[C@@H]3C[C@@H](CC[C@@H]63)O4)SSC[C@@H]2O)cc(OC)c1O. The maximum Gasteiger partial charge on any atom is 0.224 e. The van der Waals surface area contributed by atoms with E-state index in [9.17, 15) is 40.5 Å². The summed E-state index contributed by atoms with van der Waals surface area (Å²) >= 11 is 0. The van der Waals surface area contributed by atoms with Crippen LogP contribution in [0, 0.1) is 70.5 Å². The zero-order valence-electron chi connectivity index (χ0n) is 51.8. The lowest BCUT2D eigenvalue weighted by atomic mass is 9.48. The van der Waals surface area contributed by atoms with Crippen LogP contribution in [0.15, 0.2) is 54.9 Å². The number of aromatic nitrogens is 1. The minimum absolute atomic E-state index is 0.000799. The minimum Gasteiger partial charge on any atom is -0.504 e. The third kappa shape index (κ3) is 14.8. The predicted molar refractivity (Wildman–Crippen MR) is 363 cm³/mol. The minimum atomic E-state index is -1.09. The number of carbonyl (C=O) groups excluding carboxylic acids is 1. The molecule has 2 aliphatic carbocycles. The van der Waals surface area contributed by atoms with E-state index in [-0.39, 0.29) is 120 Å². The van der Waals surface area contributed by atoms with Crippen molar-refractivity contribution in [2.45, 2.75) is 158 Å². The molecular weight excluding hydrogens is 1260 g/mol. The number of fused-ring (bicyclic) bond motifs is 7. The first-order valence-corrected chi connectivity index (χ1v) is 40.0. The number of phenols is 2. The zero-order chi connectivity index (χ0) is 62.6. The molecular formula is C68H91N3O13S6. The first-order chi connectivity index (χ1) is 43.7. The Labute approximate surface area is 553 Å². The Kier molecular flexibility index (Phi) is 22.6. The van der Waals surface area contributed by atoms with Crippen molar-refractivity contribution in [3.05, 3.63) is 77.1 Å². The molecule has 7 aliphatic heterocycles. The van der Waals surface area contributed by atoms with Gasteiger partial charge in [0, 0.05) is 100 Å². The second kappa shape index (κ2) is 30.4. The Bertz CT molecular complexity index is 3140. The molecule has 1 amide bonds. The molecule has 90 heavy (non-hydrogen) atoms. The van der Waals surface area contributed by atoms with E-state index in [0.29, 0.717) is 67.6 Å². The van der Waals surface area contributed by atoms with E-state index in [1.54, 1.807) is 22.9 Å². The topological polar surface area (TPSA) is 234 Å². The fourth-order valence-corrected chi connectivity index (χ4v) is 25.2. The van der Waals surface area contributed by atoms with Crippen molar-refractivity contribution in [2.75, 3.05) is 62.9 Å². The van der Waals surface area contributed by atoms with Crippen LogP contribution in [0.25, 0.3) is 10.8 Å². The Balaban J connectivity index is 0.945. The number of aliphatic hydroxyl groups excluding tert-OH is 5. The van der Waals surface area contributed by atoms with Crippen LogP contribution >= 0.6 is 64.8 Å². The molecule has 3 aromatic carbocycles. The van der Waals surface area contributed by atoms with Gasteiger partial charge in [-0.15, -0.1) is 0 Å². The molecule has 0 unspecified atom stereocenters. The summed E-state index contributed by atoms with van der Waals surface area (Å²) in [6, 6.07) is 13.1. The van der Waals surface area contributed by atoms with Crippen LogP contribution in [0.1, 0.15) is 118 Å². The molecule has 22 heteroatoms. The number of methoxy groups -OCH3 is 2. The van der Waals surface area contributed by atoms with E-state index < -0.39 is 48.5 Å². The number of benzene rings is 3. The number of aryl methyl sites for hydroxylation is 1. The number of nitrogens with one attached hydrogen (secondary N) is 2. The summed E-state index contributed by atoms with van der Waals surface area (Å²) in [6.45, 7) is 3.39. The van der Waals surface area contributed by atoms with E-state index in [0.717, 1.165) is 89.8 Å². The largest absolute Gasteiger partial charge is 0.504 e. The van der Waals surface area contributed by atoms with Crippen LogP contribution < -0.4 is 24.8 Å². The highest BCUT2D eigenvalue weighted by molar-refractivity contribution is 8.77. The average Bonchev–Trinajstić information content (AvgIpc) is 0.884. The molecule has 4 aromatic rings. The lowest BCUT2D eigenvalue weighted by Gasteiger charge is -2.56. The molecule has 4 fully saturated rings. The number of nitrogens with zero attached hydrogens (tertiary/aromatic N) is 1. The Morgan fingerprint density at radius 2 is 1.61 bits per heavy atom. The summed E-state index contributed by atoms with van der Waals surface area (Å²) in [7, 11) is 13.5. The summed E-state index contributed by atoms with van der Waals surface area (Å²) < 4.78 is 32.8. The molecule has 16 nitrogen and oxygen atoms in total. The van der Waals surface area contributed by atoms with Gasteiger partial charge in [-0.3, -0.25) is 4.79 Å². The summed E-state index contributed by atoms with van der Waals surface area (Å²) in [4.78, 5) is 14.2. The van der Waals surface area contributed by atoms with Gasteiger partial charge in [0.2, 0.25) is 11.7 Å². The van der Waals surface area contributed by atoms with Crippen LogP contribution in [0.4, 0.5) is 0 Å². The second-order valence-electron chi connectivity index (χ2n) is 26.8. The molecule has 1 spiro atoms. The number of amides is 1. The van der Waals surface area contributed by atoms with Crippen LogP contribution in [0.2, 0.25) is 0 Å². The van der Waals surface area contributed by atoms with Gasteiger partial charge in [0.05, 0.1) is 56.8 Å². The molecule has 9 N–H and O–H groups in total. The highest BCUT2D eigenvalue weighted by atomic mass is 33.1. The maximum atomic E-state index is 14.2. The van der Waals surface area contributed by atoms with Crippen molar-refractivity contribution in [2.24, 2.45) is 58.7 Å². The average molecular weight is 1350 g/mol. The van der Waals surface area contributed by atoms with E-state index in [1.807, 2.05) is 79.7 Å². The number of carbonyl (C=O) groups is 1. The number of hydrogen-bond donors (Lipinski definition) is 9. The van der Waals surface area contributed by atoms with Gasteiger partial charge in [-0.2, -0.15) is 0 Å². The molecule has 19 atom stereocenters. The number of phenolic OH excluding ortho intramolecular Hbond substituents is 2. The van der Waals surface area contributed by atoms with Gasteiger partial charge in [0.1, 0.15) is 13.5 Å². The third-order valence-corrected chi connectivity index (χ3v) is 29.1. The number of ether oxygens (including phenoxy) is 5. The molecule has 13 rings (SSSR count). The van der Waals surface area contributed by atoms with Crippen molar-refractivity contribution in [3.8, 4) is 40.6 Å². The quantitative estimate of drug-likeness (QED) is 0.0496. The van der Waals surface area contributed by atoms with E-state index >= 15 is 0 Å². The summed E-state index contributed by atoms with van der Waals surface area (Å²) in [5.41, 5.74) is 2.74. The molecule has 9 aliphatic rings. The van der Waals surface area contributed by atoms with E-state index in [4.69, 9.17) is 23.7 Å². The number of aromatic hydroxyl groups is 2. The molecule has 0 radical (unpaired) electrons. The van der Waals surface area contributed by atoms with Gasteiger partial charge >= 0.3 is 0 Å². The Hall–Kier alpha value is -2.99. The summed E-state index contributed by atoms with van der Waals surface area (Å²) in [5.74, 6) is 12.9. The third-order valence-electron chi connectivity index (χ3n) is 21.3. The standard InChI is InChI=1S/C68H91N3O13S6/c1-38-18-43-32-86-85-31-39-15-16-68(27-38)52(43)13-14-56(73)65-51-33-87-88-34-55(69-28-39)47-12-11-45(23-53(47)68)84-61-22-41-9-10-44(83-37-72)24-57(74)49(19-40-20-62(80-2)66(78)63(21-40)81-3)60(77)35-89-90-64(48(41)25-59(61)76)26-58(75)46-7-4-6-42-29-71(30-50(42)46)36-82-17-5-8-54(65)70-67(51)79/h4,6-7,20-22,25,29-30,38-39,43-45,47,49,51-58,60,64-65,69,72-78H,5,8-14,17-19,23-24,26-28,31-37H2,1-3H3,(H,70,79)/t38-,39+,43-,44+,45-,47-,49-,51-,52+,53-,54-,55+,56-,57-,58-,60+,64+,65-,68+/m1/s1. The van der Waals surface area contributed by atoms with Crippen molar-refractivity contribution < 1.29 is 64.2 Å². The van der Waals surface area contributed by atoms with Gasteiger partial charge in [-0.05, 0) is 171 Å². The summed E-state index contributed by atoms with van der Waals surface area (Å²) in [6.07, 6.45) is 7.96. The molecule has 8 heterocycles. The summed E-state index contributed by atoms with van der Waals surface area (Å²) in [5, 5.41) is 92.7. The van der Waals surface area contributed by atoms with Crippen molar-refractivity contribution in [1.29, 1.82) is 0 Å². The van der Waals surface area contributed by atoms with Crippen molar-refractivity contribution in [1.82, 2.24) is 15.2 Å². The molecule has 2 saturated heterocycles. The van der Waals surface area contributed by atoms with Crippen LogP contribution in [0.5, 0.6) is 28.7 Å². The molecule has 13 bridgehead atoms.